The van der Waals surface area contributed by atoms with Gasteiger partial charge < -0.3 is 10.1 Å². The molecule has 0 aromatic heterocycles. The lowest BCUT2D eigenvalue weighted by Gasteiger charge is -2.16. The van der Waals surface area contributed by atoms with Crippen molar-refractivity contribution in [3.05, 3.63) is 58.1 Å². The lowest BCUT2D eigenvalue weighted by Crippen LogP contribution is -2.28. The Morgan fingerprint density at radius 3 is 2.36 bits per heavy atom. The largest absolute Gasteiger partial charge is 0.455 e. The number of thiocyanates is 1. The van der Waals surface area contributed by atoms with E-state index in [1.807, 2.05) is 43.5 Å². The molecule has 1 N–H and O–H groups in total. The second-order valence-electron chi connectivity index (χ2n) is 6.84. The molecule has 0 unspecified atom stereocenters. The summed E-state index contributed by atoms with van der Waals surface area (Å²) in [6.45, 7) is 3.37. The third-order valence-corrected chi connectivity index (χ3v) is 5.62. The van der Waals surface area contributed by atoms with Gasteiger partial charge in [-0.3, -0.25) is 9.59 Å². The number of halogens is 1. The number of rotatable bonds is 6. The molecule has 1 aliphatic carbocycles. The van der Waals surface area contributed by atoms with Crippen LogP contribution in [0.1, 0.15) is 29.5 Å². The molecule has 0 spiro atoms. The first-order valence-electron chi connectivity index (χ1n) is 8.76. The smallest absolute Gasteiger partial charge is 0.317 e. The van der Waals surface area contributed by atoms with Crippen LogP contribution in [0, 0.1) is 24.5 Å². The number of hydrogen-bond donors (Lipinski definition) is 1. The number of anilines is 1. The zero-order valence-corrected chi connectivity index (χ0v) is 17.1. The Balaban J connectivity index is 1.61. The van der Waals surface area contributed by atoms with Crippen molar-refractivity contribution >= 4 is 40.9 Å². The molecule has 7 heteroatoms. The zero-order chi connectivity index (χ0) is 20.3. The van der Waals surface area contributed by atoms with Crippen molar-refractivity contribution in [2.24, 2.45) is 0 Å². The number of carbonyl (C=O) groups is 2. The number of aryl methyl sites for hydroxylation is 2. The molecule has 2 aromatic carbocycles. The zero-order valence-electron chi connectivity index (χ0n) is 15.5. The van der Waals surface area contributed by atoms with Gasteiger partial charge in [-0.05, 0) is 79.4 Å². The van der Waals surface area contributed by atoms with Crippen molar-refractivity contribution in [2.45, 2.75) is 37.0 Å². The standard InChI is InChI=1S/C21H19ClN2O3S/c1-13-9-17(28-12-23)10-14(2)19(13)24-18(25)11-27-20(26)21(7-8-21)15-3-5-16(22)6-4-15/h3-6,9-10H,7-8,11H2,1-2H3,(H,24,25). The summed E-state index contributed by atoms with van der Waals surface area (Å²) in [5, 5.41) is 14.2. The van der Waals surface area contributed by atoms with Gasteiger partial charge in [0.2, 0.25) is 0 Å². The second kappa shape index (κ2) is 8.26. The van der Waals surface area contributed by atoms with Crippen LogP contribution in [0.3, 0.4) is 0 Å². The van der Waals surface area contributed by atoms with Crippen molar-refractivity contribution in [3.63, 3.8) is 0 Å². The number of nitriles is 1. The predicted octanol–water partition coefficient (Wildman–Crippen LogP) is 4.74. The SMILES string of the molecule is Cc1cc(SC#N)cc(C)c1NC(=O)COC(=O)C1(c2ccc(Cl)cc2)CC1. The van der Waals surface area contributed by atoms with Crippen molar-refractivity contribution in [1.82, 2.24) is 0 Å². The highest BCUT2D eigenvalue weighted by Gasteiger charge is 2.52. The topological polar surface area (TPSA) is 79.2 Å². The maximum atomic E-state index is 12.6. The second-order valence-corrected chi connectivity index (χ2v) is 8.13. The van der Waals surface area contributed by atoms with E-state index in [0.717, 1.165) is 33.3 Å². The molecular weight excluding hydrogens is 396 g/mol. The van der Waals surface area contributed by atoms with E-state index in [1.165, 1.54) is 0 Å². The first kappa shape index (κ1) is 20.2. The third kappa shape index (κ3) is 4.32. The molecule has 0 atom stereocenters. The van der Waals surface area contributed by atoms with E-state index >= 15 is 0 Å². The number of carbonyl (C=O) groups excluding carboxylic acids is 2. The lowest BCUT2D eigenvalue weighted by molar-refractivity contribution is -0.150. The molecule has 1 fully saturated rings. The highest BCUT2D eigenvalue weighted by molar-refractivity contribution is 8.03. The fraction of sp³-hybridized carbons (Fsp3) is 0.286. The molecule has 2 aromatic rings. The van der Waals surface area contributed by atoms with Gasteiger partial charge in [0.15, 0.2) is 6.61 Å². The fourth-order valence-electron chi connectivity index (χ4n) is 3.18. The number of nitrogens with zero attached hydrogens (tertiary/aromatic N) is 1. The van der Waals surface area contributed by atoms with Crippen molar-refractivity contribution in [2.75, 3.05) is 11.9 Å². The molecule has 1 aliphatic rings. The molecule has 1 saturated carbocycles. The van der Waals surface area contributed by atoms with Crippen LogP contribution in [0.4, 0.5) is 5.69 Å². The van der Waals surface area contributed by atoms with Crippen LogP contribution >= 0.6 is 23.4 Å². The Kier molecular flexibility index (Phi) is 5.97. The minimum absolute atomic E-state index is 0.345. The molecule has 144 valence electrons. The number of thioether (sulfide) groups is 1. The summed E-state index contributed by atoms with van der Waals surface area (Å²) in [6.07, 6.45) is 1.40. The molecule has 28 heavy (non-hydrogen) atoms. The van der Waals surface area contributed by atoms with E-state index in [9.17, 15) is 9.59 Å². The van der Waals surface area contributed by atoms with E-state index in [1.54, 1.807) is 12.1 Å². The third-order valence-electron chi connectivity index (χ3n) is 4.81. The molecule has 0 radical (unpaired) electrons. The Bertz CT molecular complexity index is 940. The Labute approximate surface area is 173 Å². The van der Waals surface area contributed by atoms with Gasteiger partial charge in [0, 0.05) is 15.6 Å². The molecule has 0 heterocycles. The fourth-order valence-corrected chi connectivity index (χ4v) is 3.88. The van der Waals surface area contributed by atoms with E-state index in [-0.39, 0.29) is 12.6 Å². The molecule has 0 bridgehead atoms. The van der Waals surface area contributed by atoms with Crippen LogP contribution in [0.5, 0.6) is 0 Å². The first-order valence-corrected chi connectivity index (χ1v) is 9.95. The van der Waals surface area contributed by atoms with Crippen molar-refractivity contribution < 1.29 is 14.3 Å². The van der Waals surface area contributed by atoms with Crippen LogP contribution in [0.2, 0.25) is 5.02 Å². The highest BCUT2D eigenvalue weighted by atomic mass is 35.5. The van der Waals surface area contributed by atoms with Gasteiger partial charge in [0.25, 0.3) is 5.91 Å². The summed E-state index contributed by atoms with van der Waals surface area (Å²) < 4.78 is 5.30. The minimum atomic E-state index is -0.660. The average molecular weight is 415 g/mol. The Morgan fingerprint density at radius 1 is 1.21 bits per heavy atom. The summed E-state index contributed by atoms with van der Waals surface area (Å²) >= 11 is 6.98. The maximum Gasteiger partial charge on any atom is 0.317 e. The minimum Gasteiger partial charge on any atom is -0.455 e. The van der Waals surface area contributed by atoms with Crippen molar-refractivity contribution in [3.8, 4) is 5.40 Å². The molecule has 1 amide bonds. The average Bonchev–Trinajstić information content (AvgIpc) is 3.45. The van der Waals surface area contributed by atoms with Crippen molar-refractivity contribution in [1.29, 1.82) is 5.26 Å². The molecule has 3 rings (SSSR count). The summed E-state index contributed by atoms with van der Waals surface area (Å²) in [7, 11) is 0. The first-order chi connectivity index (χ1) is 13.4. The number of esters is 1. The Morgan fingerprint density at radius 2 is 1.82 bits per heavy atom. The Hall–Kier alpha value is -2.49. The summed E-state index contributed by atoms with van der Waals surface area (Å²) in [5.41, 5.74) is 2.56. The maximum absolute atomic E-state index is 12.6. The summed E-state index contributed by atoms with van der Waals surface area (Å²) in [4.78, 5) is 25.7. The van der Waals surface area contributed by atoms with E-state index in [2.05, 4.69) is 5.32 Å². The van der Waals surface area contributed by atoms with E-state index in [4.69, 9.17) is 21.6 Å². The highest BCUT2D eigenvalue weighted by Crippen LogP contribution is 2.49. The number of hydrogen-bond acceptors (Lipinski definition) is 5. The predicted molar refractivity (Wildman–Crippen MR) is 109 cm³/mol. The lowest BCUT2D eigenvalue weighted by atomic mass is 9.96. The van der Waals surface area contributed by atoms with Gasteiger partial charge in [-0.2, -0.15) is 5.26 Å². The van der Waals surface area contributed by atoms with Gasteiger partial charge in [0.1, 0.15) is 5.40 Å². The van der Waals surface area contributed by atoms with Gasteiger partial charge in [0.05, 0.1) is 5.41 Å². The quantitative estimate of drug-likeness (QED) is 0.419. The van der Waals surface area contributed by atoms with Crippen LogP contribution < -0.4 is 5.32 Å². The summed E-state index contributed by atoms with van der Waals surface area (Å²) in [6, 6.07) is 10.8. The normalized spacial score (nSPS) is 14.1. The number of ether oxygens (including phenoxy) is 1. The van der Waals surface area contributed by atoms with E-state index < -0.39 is 11.3 Å². The summed E-state index contributed by atoms with van der Waals surface area (Å²) in [5.74, 6) is -0.786. The molecular formula is C21H19ClN2O3S. The van der Waals surface area contributed by atoms with Crippen LogP contribution in [0.25, 0.3) is 0 Å². The number of benzene rings is 2. The van der Waals surface area contributed by atoms with Crippen LogP contribution in [-0.2, 0) is 19.7 Å². The van der Waals surface area contributed by atoms with Gasteiger partial charge in [-0.15, -0.1) is 0 Å². The van der Waals surface area contributed by atoms with Crippen LogP contribution in [0.15, 0.2) is 41.3 Å². The number of amides is 1. The monoisotopic (exact) mass is 414 g/mol. The van der Waals surface area contributed by atoms with Gasteiger partial charge >= 0.3 is 5.97 Å². The molecule has 5 nitrogen and oxygen atoms in total. The molecule has 0 aliphatic heterocycles. The van der Waals surface area contributed by atoms with Crippen LogP contribution in [-0.4, -0.2) is 18.5 Å². The van der Waals surface area contributed by atoms with Gasteiger partial charge in [-0.25, -0.2) is 0 Å². The van der Waals surface area contributed by atoms with Gasteiger partial charge in [-0.1, -0.05) is 23.7 Å². The van der Waals surface area contributed by atoms with E-state index in [0.29, 0.717) is 23.6 Å². The number of nitrogens with one attached hydrogen (secondary N) is 1. The molecule has 0 saturated heterocycles.